The van der Waals surface area contributed by atoms with Crippen LogP contribution in [0.25, 0.3) is 0 Å². The fourth-order valence-corrected chi connectivity index (χ4v) is 4.44. The molecule has 4 heteroatoms. The summed E-state index contributed by atoms with van der Waals surface area (Å²) in [6.07, 6.45) is 10.7. The van der Waals surface area contributed by atoms with Crippen LogP contribution in [0.4, 0.5) is 0 Å². The van der Waals surface area contributed by atoms with Crippen LogP contribution in [0.1, 0.15) is 57.8 Å². The Hall–Kier alpha value is -0.870. The minimum atomic E-state index is 0.424. The summed E-state index contributed by atoms with van der Waals surface area (Å²) in [6, 6.07) is 2.02. The first-order valence-electron chi connectivity index (χ1n) is 8.70. The highest BCUT2D eigenvalue weighted by Crippen LogP contribution is 2.42. The first-order chi connectivity index (χ1) is 10.2. The monoisotopic (exact) mass is 290 g/mol. The van der Waals surface area contributed by atoms with E-state index < -0.39 is 0 Å². The number of hydrogen-bond donors (Lipinski definition) is 1. The lowest BCUT2D eigenvalue weighted by atomic mass is 9.84. The van der Waals surface area contributed by atoms with Gasteiger partial charge in [0.25, 0.3) is 0 Å². The van der Waals surface area contributed by atoms with Gasteiger partial charge in [0, 0.05) is 31.0 Å². The number of imidazole rings is 1. The van der Waals surface area contributed by atoms with E-state index in [1.54, 1.807) is 0 Å². The molecule has 118 valence electrons. The highest BCUT2D eigenvalue weighted by Gasteiger charge is 2.41. The fraction of sp³-hybridized carbons (Fsp3) is 0.824. The summed E-state index contributed by atoms with van der Waals surface area (Å²) >= 11 is 0. The molecule has 1 aromatic rings. The maximum Gasteiger partial charge on any atom is 0.126 e. The summed E-state index contributed by atoms with van der Waals surface area (Å²) in [7, 11) is 2.32. The summed E-state index contributed by atoms with van der Waals surface area (Å²) in [5.41, 5.74) is 0. The van der Waals surface area contributed by atoms with Crippen LogP contribution < -0.4 is 5.32 Å². The number of nitrogens with one attached hydrogen (secondary N) is 1. The molecule has 0 spiro atoms. The Balaban J connectivity index is 1.80. The van der Waals surface area contributed by atoms with E-state index in [0.717, 1.165) is 31.1 Å². The third-order valence-electron chi connectivity index (χ3n) is 5.52. The Kier molecular flexibility index (Phi) is 4.65. The zero-order chi connectivity index (χ0) is 14.8. The van der Waals surface area contributed by atoms with Crippen LogP contribution in [0.15, 0.2) is 12.4 Å². The molecule has 2 aliphatic rings. The van der Waals surface area contributed by atoms with Gasteiger partial charge in [0.1, 0.15) is 5.82 Å². The van der Waals surface area contributed by atoms with Gasteiger partial charge in [0.05, 0.1) is 6.04 Å². The number of piperidine rings is 1. The number of fused-ring (bicyclic) bond motifs is 2. The van der Waals surface area contributed by atoms with Gasteiger partial charge in [-0.1, -0.05) is 13.8 Å². The smallest absolute Gasteiger partial charge is 0.126 e. The quantitative estimate of drug-likeness (QED) is 0.874. The maximum atomic E-state index is 4.71. The van der Waals surface area contributed by atoms with Crippen molar-refractivity contribution in [3.05, 3.63) is 18.2 Å². The van der Waals surface area contributed by atoms with Crippen molar-refractivity contribution in [1.82, 2.24) is 19.8 Å². The normalized spacial score (nSPS) is 30.7. The van der Waals surface area contributed by atoms with E-state index in [2.05, 4.69) is 41.9 Å². The van der Waals surface area contributed by atoms with Crippen molar-refractivity contribution in [3.63, 3.8) is 0 Å². The number of aromatic nitrogens is 2. The Morgan fingerprint density at radius 2 is 2.00 bits per heavy atom. The zero-order valence-corrected chi connectivity index (χ0v) is 13.8. The predicted octanol–water partition coefficient (Wildman–Crippen LogP) is 2.82. The molecule has 3 atom stereocenters. The van der Waals surface area contributed by atoms with E-state index in [4.69, 9.17) is 4.98 Å². The Morgan fingerprint density at radius 3 is 2.62 bits per heavy atom. The molecule has 0 amide bonds. The highest BCUT2D eigenvalue weighted by atomic mass is 15.2. The van der Waals surface area contributed by atoms with Gasteiger partial charge in [-0.25, -0.2) is 4.98 Å². The third-order valence-corrected chi connectivity index (χ3v) is 5.52. The van der Waals surface area contributed by atoms with Crippen molar-refractivity contribution in [2.75, 3.05) is 13.6 Å². The van der Waals surface area contributed by atoms with Crippen LogP contribution >= 0.6 is 0 Å². The molecule has 2 saturated heterocycles. The highest BCUT2D eigenvalue weighted by molar-refractivity contribution is 5.06. The Labute approximate surface area is 128 Å². The van der Waals surface area contributed by atoms with Crippen molar-refractivity contribution < 1.29 is 0 Å². The van der Waals surface area contributed by atoms with E-state index in [9.17, 15) is 0 Å². The summed E-state index contributed by atoms with van der Waals surface area (Å²) in [6.45, 7) is 6.55. The second-order valence-electron chi connectivity index (χ2n) is 6.80. The molecule has 3 rings (SSSR count). The summed E-state index contributed by atoms with van der Waals surface area (Å²) in [4.78, 5) is 7.33. The van der Waals surface area contributed by atoms with Gasteiger partial charge < -0.3 is 14.8 Å². The molecular formula is C17H30N4. The van der Waals surface area contributed by atoms with Crippen molar-refractivity contribution in [2.24, 2.45) is 5.92 Å². The molecule has 21 heavy (non-hydrogen) atoms. The molecule has 1 N–H and O–H groups in total. The lowest BCUT2D eigenvalue weighted by Crippen LogP contribution is -2.44. The molecule has 1 aromatic heterocycles. The molecule has 3 heterocycles. The second-order valence-corrected chi connectivity index (χ2v) is 6.80. The average molecular weight is 290 g/mol. The maximum absolute atomic E-state index is 4.71. The van der Waals surface area contributed by atoms with Crippen LogP contribution in [0, 0.1) is 5.92 Å². The molecule has 2 aliphatic heterocycles. The van der Waals surface area contributed by atoms with Crippen LogP contribution in [-0.4, -0.2) is 40.1 Å². The number of nitrogens with zero attached hydrogens (tertiary/aromatic N) is 3. The molecule has 2 fully saturated rings. The van der Waals surface area contributed by atoms with Gasteiger partial charge in [0.2, 0.25) is 0 Å². The molecule has 3 unspecified atom stereocenters. The number of aryl methyl sites for hydroxylation is 1. The topological polar surface area (TPSA) is 33.1 Å². The first kappa shape index (κ1) is 15.0. The minimum Gasteiger partial charge on any atom is -0.334 e. The Bertz CT molecular complexity index is 441. The predicted molar refractivity (Wildman–Crippen MR) is 86.2 cm³/mol. The molecule has 0 saturated carbocycles. The van der Waals surface area contributed by atoms with Crippen LogP contribution in [0.3, 0.4) is 0 Å². The summed E-state index contributed by atoms with van der Waals surface area (Å²) < 4.78 is 2.35. The van der Waals surface area contributed by atoms with Crippen molar-refractivity contribution in [2.45, 2.75) is 70.6 Å². The number of hydrogen-bond acceptors (Lipinski definition) is 3. The summed E-state index contributed by atoms with van der Waals surface area (Å²) in [5.74, 6) is 1.99. The lowest BCUT2D eigenvalue weighted by molar-refractivity contribution is 0.110. The van der Waals surface area contributed by atoms with Crippen LogP contribution in [-0.2, 0) is 6.54 Å². The molecule has 0 aromatic carbocycles. The van der Waals surface area contributed by atoms with E-state index in [-0.39, 0.29) is 0 Å². The van der Waals surface area contributed by atoms with Crippen molar-refractivity contribution >= 4 is 0 Å². The van der Waals surface area contributed by atoms with E-state index in [1.807, 2.05) is 6.20 Å². The first-order valence-corrected chi connectivity index (χ1v) is 8.70. The van der Waals surface area contributed by atoms with Crippen LogP contribution in [0.5, 0.6) is 0 Å². The number of rotatable bonds is 6. The zero-order valence-electron chi connectivity index (χ0n) is 13.8. The van der Waals surface area contributed by atoms with E-state index in [0.29, 0.717) is 6.04 Å². The molecule has 2 bridgehead atoms. The van der Waals surface area contributed by atoms with Gasteiger partial charge in [-0.05, 0) is 51.6 Å². The third kappa shape index (κ3) is 2.88. The molecular weight excluding hydrogens is 260 g/mol. The standard InChI is InChI=1S/C17H30N4/c1-4-9-21-10-8-19-17(21)16(18-5-2)13-11-14-6-7-15(12-13)20(14)3/h8,10,13-16,18H,4-7,9,11-12H2,1-3H3. The largest absolute Gasteiger partial charge is 0.334 e. The SMILES string of the molecule is CCCn1ccnc1C(NCC)C1CC2CCC(C1)N2C. The molecule has 4 nitrogen and oxygen atoms in total. The van der Waals surface area contributed by atoms with Gasteiger partial charge in [0.15, 0.2) is 0 Å². The minimum absolute atomic E-state index is 0.424. The van der Waals surface area contributed by atoms with E-state index in [1.165, 1.54) is 37.9 Å². The van der Waals surface area contributed by atoms with Gasteiger partial charge >= 0.3 is 0 Å². The van der Waals surface area contributed by atoms with Crippen LogP contribution in [0.2, 0.25) is 0 Å². The lowest BCUT2D eigenvalue weighted by Gasteiger charge is -2.40. The van der Waals surface area contributed by atoms with E-state index >= 15 is 0 Å². The Morgan fingerprint density at radius 1 is 1.29 bits per heavy atom. The fourth-order valence-electron chi connectivity index (χ4n) is 4.44. The van der Waals surface area contributed by atoms with Crippen molar-refractivity contribution in [1.29, 1.82) is 0 Å². The molecule has 0 radical (unpaired) electrons. The van der Waals surface area contributed by atoms with Gasteiger partial charge in [-0.15, -0.1) is 0 Å². The second kappa shape index (κ2) is 6.49. The van der Waals surface area contributed by atoms with Gasteiger partial charge in [-0.3, -0.25) is 0 Å². The average Bonchev–Trinajstić information content (AvgIpc) is 2.98. The van der Waals surface area contributed by atoms with Gasteiger partial charge in [-0.2, -0.15) is 0 Å². The summed E-state index contributed by atoms with van der Waals surface area (Å²) in [5, 5.41) is 3.74. The van der Waals surface area contributed by atoms with Crippen molar-refractivity contribution in [3.8, 4) is 0 Å². The molecule has 0 aliphatic carbocycles.